The highest BCUT2D eigenvalue weighted by atomic mass is 32.2. The SMILES string of the molecule is COc1ccc(OC)c(S(=O)(=O)N(c2ccccc2)[C@H]2CS(=O)(=O)C[C@H]2O)c1. The Bertz CT molecular complexity index is 1050. The molecule has 3 rings (SSSR count). The van der Waals surface area contributed by atoms with Crippen molar-refractivity contribution < 1.29 is 31.4 Å². The molecule has 0 aromatic heterocycles. The first kappa shape index (κ1) is 20.4. The molecule has 2 atom stereocenters. The van der Waals surface area contributed by atoms with Gasteiger partial charge in [-0.25, -0.2) is 16.8 Å². The molecular formula is C18H21NO7S2. The van der Waals surface area contributed by atoms with Gasteiger partial charge in [-0.15, -0.1) is 0 Å². The van der Waals surface area contributed by atoms with Crippen molar-refractivity contribution in [3.05, 3.63) is 48.5 Å². The van der Waals surface area contributed by atoms with Gasteiger partial charge < -0.3 is 14.6 Å². The fraction of sp³-hybridized carbons (Fsp3) is 0.333. The number of para-hydroxylation sites is 1. The zero-order valence-electron chi connectivity index (χ0n) is 15.3. The Hall–Kier alpha value is -2.30. The first-order chi connectivity index (χ1) is 13.2. The summed E-state index contributed by atoms with van der Waals surface area (Å²) in [6, 6.07) is 11.2. The Kier molecular flexibility index (Phi) is 5.55. The normalized spacial score (nSPS) is 21.2. The van der Waals surface area contributed by atoms with Gasteiger partial charge in [0, 0.05) is 6.07 Å². The smallest absolute Gasteiger partial charge is 0.268 e. The van der Waals surface area contributed by atoms with E-state index in [9.17, 15) is 21.9 Å². The number of aliphatic hydroxyl groups excluding tert-OH is 1. The van der Waals surface area contributed by atoms with Crippen LogP contribution in [-0.2, 0) is 19.9 Å². The van der Waals surface area contributed by atoms with Crippen LogP contribution >= 0.6 is 0 Å². The van der Waals surface area contributed by atoms with Crippen molar-refractivity contribution in [2.24, 2.45) is 0 Å². The molecule has 2 aromatic rings. The van der Waals surface area contributed by atoms with Crippen LogP contribution in [0.3, 0.4) is 0 Å². The predicted octanol–water partition coefficient (Wildman–Crippen LogP) is 1.06. The van der Waals surface area contributed by atoms with E-state index in [1.54, 1.807) is 36.4 Å². The predicted molar refractivity (Wildman–Crippen MR) is 104 cm³/mol. The number of hydrogen-bond donors (Lipinski definition) is 1. The topological polar surface area (TPSA) is 110 Å². The van der Waals surface area contributed by atoms with E-state index in [1.807, 2.05) is 0 Å². The molecule has 10 heteroatoms. The van der Waals surface area contributed by atoms with Crippen molar-refractivity contribution in [2.75, 3.05) is 30.0 Å². The average Bonchev–Trinajstić information content (AvgIpc) is 2.94. The summed E-state index contributed by atoms with van der Waals surface area (Å²) in [5, 5.41) is 10.4. The molecule has 1 saturated heterocycles. The summed E-state index contributed by atoms with van der Waals surface area (Å²) in [5.74, 6) is -0.593. The van der Waals surface area contributed by atoms with Crippen LogP contribution in [0.5, 0.6) is 11.5 Å². The molecule has 28 heavy (non-hydrogen) atoms. The first-order valence-electron chi connectivity index (χ1n) is 8.39. The quantitative estimate of drug-likeness (QED) is 0.734. The zero-order chi connectivity index (χ0) is 20.5. The van der Waals surface area contributed by atoms with Gasteiger partial charge in [0.1, 0.15) is 16.4 Å². The van der Waals surface area contributed by atoms with Gasteiger partial charge in [-0.05, 0) is 24.3 Å². The van der Waals surface area contributed by atoms with Crippen LogP contribution in [0, 0.1) is 0 Å². The summed E-state index contributed by atoms with van der Waals surface area (Å²) in [7, 11) is -5.13. The van der Waals surface area contributed by atoms with Crippen LogP contribution in [0.25, 0.3) is 0 Å². The second-order valence-electron chi connectivity index (χ2n) is 6.36. The fourth-order valence-electron chi connectivity index (χ4n) is 3.21. The van der Waals surface area contributed by atoms with Crippen LogP contribution in [0.15, 0.2) is 53.4 Å². The van der Waals surface area contributed by atoms with Crippen LogP contribution in [0.1, 0.15) is 0 Å². The maximum Gasteiger partial charge on any atom is 0.268 e. The number of ether oxygens (including phenoxy) is 2. The minimum atomic E-state index is -4.29. The molecule has 0 bridgehead atoms. The number of nitrogens with zero attached hydrogens (tertiary/aromatic N) is 1. The number of hydrogen-bond acceptors (Lipinski definition) is 7. The van der Waals surface area contributed by atoms with E-state index in [2.05, 4.69) is 0 Å². The number of sulfone groups is 1. The van der Waals surface area contributed by atoms with Gasteiger partial charge in [0.25, 0.3) is 10.0 Å². The van der Waals surface area contributed by atoms with E-state index < -0.39 is 43.5 Å². The third-order valence-corrected chi connectivity index (χ3v) is 8.09. The summed E-state index contributed by atoms with van der Waals surface area (Å²) in [6.45, 7) is 0. The van der Waals surface area contributed by atoms with Crippen LogP contribution in [0.2, 0.25) is 0 Å². The molecule has 0 aliphatic carbocycles. The molecule has 8 nitrogen and oxygen atoms in total. The summed E-state index contributed by atoms with van der Waals surface area (Å²) in [6.07, 6.45) is -1.35. The highest BCUT2D eigenvalue weighted by Gasteiger charge is 2.45. The fourth-order valence-corrected chi connectivity index (χ4v) is 6.93. The number of aliphatic hydroxyl groups is 1. The molecule has 1 fully saturated rings. The molecule has 2 aromatic carbocycles. The van der Waals surface area contributed by atoms with Crippen LogP contribution in [-0.4, -0.2) is 59.8 Å². The summed E-state index contributed by atoms with van der Waals surface area (Å²) in [4.78, 5) is -0.185. The number of methoxy groups -OCH3 is 2. The summed E-state index contributed by atoms with van der Waals surface area (Å²) in [5.41, 5.74) is 0.244. The van der Waals surface area contributed by atoms with E-state index >= 15 is 0 Å². The van der Waals surface area contributed by atoms with Crippen molar-refractivity contribution in [3.8, 4) is 11.5 Å². The van der Waals surface area contributed by atoms with E-state index in [-0.39, 0.29) is 16.3 Å². The first-order valence-corrected chi connectivity index (χ1v) is 11.7. The van der Waals surface area contributed by atoms with Crippen LogP contribution in [0.4, 0.5) is 5.69 Å². The van der Waals surface area contributed by atoms with E-state index in [0.717, 1.165) is 4.31 Å². The Morgan fingerprint density at radius 1 is 1.04 bits per heavy atom. The van der Waals surface area contributed by atoms with Crippen molar-refractivity contribution in [1.82, 2.24) is 0 Å². The van der Waals surface area contributed by atoms with Crippen molar-refractivity contribution in [1.29, 1.82) is 0 Å². The maximum absolute atomic E-state index is 13.6. The molecule has 1 aliphatic heterocycles. The Morgan fingerprint density at radius 3 is 2.25 bits per heavy atom. The lowest BCUT2D eigenvalue weighted by Gasteiger charge is -2.32. The largest absolute Gasteiger partial charge is 0.497 e. The van der Waals surface area contributed by atoms with Crippen molar-refractivity contribution in [2.45, 2.75) is 17.0 Å². The average molecular weight is 428 g/mol. The van der Waals surface area contributed by atoms with Crippen LogP contribution < -0.4 is 13.8 Å². The molecule has 0 unspecified atom stereocenters. The number of benzene rings is 2. The minimum Gasteiger partial charge on any atom is -0.497 e. The van der Waals surface area contributed by atoms with Crippen molar-refractivity contribution in [3.63, 3.8) is 0 Å². The molecule has 152 valence electrons. The van der Waals surface area contributed by atoms with Gasteiger partial charge >= 0.3 is 0 Å². The second-order valence-corrected chi connectivity index (χ2v) is 10.3. The molecule has 0 spiro atoms. The zero-order valence-corrected chi connectivity index (χ0v) is 17.0. The minimum absolute atomic E-state index is 0.0806. The number of sulfonamides is 1. The third kappa shape index (κ3) is 3.80. The summed E-state index contributed by atoms with van der Waals surface area (Å²) < 4.78 is 62.6. The molecule has 1 N–H and O–H groups in total. The number of rotatable bonds is 6. The van der Waals surface area contributed by atoms with Gasteiger partial charge in [-0.3, -0.25) is 4.31 Å². The lowest BCUT2D eigenvalue weighted by atomic mass is 10.2. The molecule has 0 radical (unpaired) electrons. The molecule has 0 amide bonds. The monoisotopic (exact) mass is 427 g/mol. The third-order valence-electron chi connectivity index (χ3n) is 4.51. The van der Waals surface area contributed by atoms with Gasteiger partial charge in [0.15, 0.2) is 9.84 Å². The number of anilines is 1. The molecular weight excluding hydrogens is 406 g/mol. The lowest BCUT2D eigenvalue weighted by Crippen LogP contribution is -2.47. The second kappa shape index (κ2) is 7.61. The van der Waals surface area contributed by atoms with Gasteiger partial charge in [-0.1, -0.05) is 18.2 Å². The van der Waals surface area contributed by atoms with E-state index in [0.29, 0.717) is 5.75 Å². The Balaban J connectivity index is 2.21. The maximum atomic E-state index is 13.6. The standard InChI is InChI=1S/C18H21NO7S2/c1-25-14-8-9-17(26-2)18(10-14)28(23,24)19(13-6-4-3-5-7-13)15-11-27(21,22)12-16(15)20/h3-10,15-16,20H,11-12H2,1-2H3/t15-,16+/m0/s1. The lowest BCUT2D eigenvalue weighted by molar-refractivity contribution is 0.184. The van der Waals surface area contributed by atoms with Gasteiger partial charge in [-0.2, -0.15) is 0 Å². The van der Waals surface area contributed by atoms with E-state index in [4.69, 9.17) is 9.47 Å². The molecule has 1 heterocycles. The van der Waals surface area contributed by atoms with Crippen molar-refractivity contribution >= 4 is 25.5 Å². The molecule has 0 saturated carbocycles. The highest BCUT2D eigenvalue weighted by Crippen LogP contribution is 2.36. The highest BCUT2D eigenvalue weighted by molar-refractivity contribution is 7.93. The van der Waals surface area contributed by atoms with Gasteiger partial charge in [0.2, 0.25) is 0 Å². The summed E-state index contributed by atoms with van der Waals surface area (Å²) >= 11 is 0. The molecule has 1 aliphatic rings. The Labute approximate surface area is 164 Å². The Morgan fingerprint density at radius 2 is 1.71 bits per heavy atom. The van der Waals surface area contributed by atoms with Gasteiger partial charge in [0.05, 0.1) is 43.6 Å². The van der Waals surface area contributed by atoms with E-state index in [1.165, 1.54) is 26.4 Å².